The molecule has 0 amide bonds. The number of likely N-dealkylation sites (N-methyl/N-ethyl adjacent to an activating group) is 1. The number of aliphatic hydroxyl groups excluding tert-OH is 1. The second-order valence-corrected chi connectivity index (χ2v) is 5.19. The van der Waals surface area contributed by atoms with Crippen molar-refractivity contribution in [3.05, 3.63) is 18.2 Å². The van der Waals surface area contributed by atoms with E-state index in [9.17, 15) is 5.11 Å². The minimum Gasteiger partial charge on any atom is -0.493 e. The van der Waals surface area contributed by atoms with Gasteiger partial charge in [-0.2, -0.15) is 0 Å². The van der Waals surface area contributed by atoms with E-state index in [1.165, 1.54) is 0 Å². The Balaban J connectivity index is 2.56. The van der Waals surface area contributed by atoms with Crippen LogP contribution in [0.15, 0.2) is 18.2 Å². The van der Waals surface area contributed by atoms with Gasteiger partial charge in [0.2, 0.25) is 5.75 Å². The highest BCUT2D eigenvalue weighted by molar-refractivity contribution is 5.51. The Morgan fingerprint density at radius 2 is 1.81 bits per heavy atom. The van der Waals surface area contributed by atoms with E-state index in [0.717, 1.165) is 19.4 Å². The first-order chi connectivity index (χ1) is 10.1. The van der Waals surface area contributed by atoms with E-state index in [0.29, 0.717) is 23.9 Å². The zero-order chi connectivity index (χ0) is 15.7. The normalized spacial score (nSPS) is 13.6. The van der Waals surface area contributed by atoms with E-state index in [4.69, 9.17) is 14.2 Å². The number of aliphatic hydroxyl groups is 1. The fourth-order valence-corrected chi connectivity index (χ4v) is 2.25. The van der Waals surface area contributed by atoms with Crippen molar-refractivity contribution in [1.29, 1.82) is 0 Å². The Labute approximate surface area is 127 Å². The van der Waals surface area contributed by atoms with Gasteiger partial charge in [0.1, 0.15) is 0 Å². The summed E-state index contributed by atoms with van der Waals surface area (Å²) in [7, 11) is 3.21. The van der Waals surface area contributed by atoms with E-state index in [2.05, 4.69) is 5.32 Å². The zero-order valence-corrected chi connectivity index (χ0v) is 13.4. The average Bonchev–Trinajstić information content (AvgIpc) is 2.51. The van der Waals surface area contributed by atoms with Crippen LogP contribution >= 0.6 is 0 Å². The van der Waals surface area contributed by atoms with Crippen molar-refractivity contribution < 1.29 is 19.3 Å². The molecule has 0 bridgehead atoms. The van der Waals surface area contributed by atoms with E-state index in [-0.39, 0.29) is 12.1 Å². The second kappa shape index (κ2) is 8.74. The number of para-hydroxylation sites is 1. The lowest BCUT2D eigenvalue weighted by Gasteiger charge is -2.28. The fourth-order valence-electron chi connectivity index (χ4n) is 2.25. The van der Waals surface area contributed by atoms with Gasteiger partial charge in [-0.3, -0.25) is 0 Å². The lowest BCUT2D eigenvalue weighted by molar-refractivity contribution is 0.156. The number of methoxy groups -OCH3 is 2. The molecule has 5 heteroatoms. The molecule has 0 heterocycles. The van der Waals surface area contributed by atoms with Gasteiger partial charge in [-0.15, -0.1) is 0 Å². The van der Waals surface area contributed by atoms with Crippen LogP contribution in [-0.4, -0.2) is 44.6 Å². The van der Waals surface area contributed by atoms with Crippen LogP contribution in [0.5, 0.6) is 17.2 Å². The molecule has 120 valence electrons. The summed E-state index contributed by atoms with van der Waals surface area (Å²) in [6, 6.07) is 5.54. The Hall–Kier alpha value is -1.46. The van der Waals surface area contributed by atoms with Gasteiger partial charge in [-0.05, 0) is 38.4 Å². The predicted molar refractivity (Wildman–Crippen MR) is 83.4 cm³/mol. The highest BCUT2D eigenvalue weighted by Crippen LogP contribution is 2.36. The van der Waals surface area contributed by atoms with Crippen LogP contribution in [0.25, 0.3) is 0 Å². The summed E-state index contributed by atoms with van der Waals surface area (Å²) in [5.74, 6) is 1.94. The molecule has 0 radical (unpaired) electrons. The van der Waals surface area contributed by atoms with E-state index >= 15 is 0 Å². The lowest BCUT2D eigenvalue weighted by Crippen LogP contribution is -2.45. The zero-order valence-electron chi connectivity index (χ0n) is 13.4. The first-order valence-electron chi connectivity index (χ1n) is 7.30. The van der Waals surface area contributed by atoms with Crippen molar-refractivity contribution in [2.45, 2.75) is 32.2 Å². The molecule has 21 heavy (non-hydrogen) atoms. The standard InChI is InChI=1S/C16H27NO4/c1-5-17-16(2,12-18)10-7-11-21-15-13(19-3)8-6-9-14(15)20-4/h6,8-9,17-18H,5,7,10-12H2,1-4H3. The summed E-state index contributed by atoms with van der Waals surface area (Å²) >= 11 is 0. The number of hydrogen-bond donors (Lipinski definition) is 2. The third-order valence-corrected chi connectivity index (χ3v) is 3.45. The van der Waals surface area contributed by atoms with Crippen molar-refractivity contribution in [3.8, 4) is 17.2 Å². The third-order valence-electron chi connectivity index (χ3n) is 3.45. The molecule has 0 spiro atoms. The van der Waals surface area contributed by atoms with Gasteiger partial charge in [-0.1, -0.05) is 13.0 Å². The number of benzene rings is 1. The smallest absolute Gasteiger partial charge is 0.203 e. The summed E-state index contributed by atoms with van der Waals surface area (Å²) in [4.78, 5) is 0. The molecule has 0 aliphatic heterocycles. The van der Waals surface area contributed by atoms with Gasteiger partial charge in [0.25, 0.3) is 0 Å². The molecule has 1 aromatic carbocycles. The SMILES string of the molecule is CCNC(C)(CO)CCCOc1c(OC)cccc1OC. The second-order valence-electron chi connectivity index (χ2n) is 5.19. The van der Waals surface area contributed by atoms with E-state index in [1.54, 1.807) is 14.2 Å². The molecule has 0 aliphatic carbocycles. The molecular formula is C16H27NO4. The number of hydrogen-bond acceptors (Lipinski definition) is 5. The van der Waals surface area contributed by atoms with Gasteiger partial charge < -0.3 is 24.6 Å². The van der Waals surface area contributed by atoms with Crippen LogP contribution in [-0.2, 0) is 0 Å². The van der Waals surface area contributed by atoms with Gasteiger partial charge >= 0.3 is 0 Å². The molecule has 5 nitrogen and oxygen atoms in total. The molecule has 0 saturated carbocycles. The third kappa shape index (κ3) is 5.10. The van der Waals surface area contributed by atoms with Crippen molar-refractivity contribution in [3.63, 3.8) is 0 Å². The maximum Gasteiger partial charge on any atom is 0.203 e. The lowest BCUT2D eigenvalue weighted by atomic mass is 9.97. The molecule has 1 rings (SSSR count). The van der Waals surface area contributed by atoms with Crippen LogP contribution in [0.2, 0.25) is 0 Å². The Morgan fingerprint density at radius 1 is 1.19 bits per heavy atom. The highest BCUT2D eigenvalue weighted by Gasteiger charge is 2.21. The highest BCUT2D eigenvalue weighted by atomic mass is 16.5. The molecule has 0 fully saturated rings. The topological polar surface area (TPSA) is 60.0 Å². The molecule has 0 aliphatic rings. The summed E-state index contributed by atoms with van der Waals surface area (Å²) in [6.07, 6.45) is 1.65. The van der Waals surface area contributed by atoms with Crippen molar-refractivity contribution in [2.75, 3.05) is 34.0 Å². The van der Waals surface area contributed by atoms with Gasteiger partial charge in [-0.25, -0.2) is 0 Å². The van der Waals surface area contributed by atoms with E-state index in [1.807, 2.05) is 32.0 Å². The summed E-state index contributed by atoms with van der Waals surface area (Å²) in [6.45, 7) is 5.53. The van der Waals surface area contributed by atoms with Gasteiger partial charge in [0, 0.05) is 5.54 Å². The molecule has 1 unspecified atom stereocenters. The van der Waals surface area contributed by atoms with E-state index < -0.39 is 0 Å². The van der Waals surface area contributed by atoms with Crippen LogP contribution in [0.1, 0.15) is 26.7 Å². The molecule has 0 aromatic heterocycles. The van der Waals surface area contributed by atoms with Crippen LogP contribution < -0.4 is 19.5 Å². The maximum absolute atomic E-state index is 9.45. The number of rotatable bonds is 10. The molecular weight excluding hydrogens is 270 g/mol. The Kier molecular flexibility index (Phi) is 7.32. The van der Waals surface area contributed by atoms with Crippen molar-refractivity contribution in [2.24, 2.45) is 0 Å². The van der Waals surface area contributed by atoms with Gasteiger partial charge in [0.15, 0.2) is 11.5 Å². The first-order valence-corrected chi connectivity index (χ1v) is 7.30. The van der Waals surface area contributed by atoms with Crippen LogP contribution in [0.3, 0.4) is 0 Å². The summed E-state index contributed by atoms with van der Waals surface area (Å²) < 4.78 is 16.4. The van der Waals surface area contributed by atoms with Crippen LogP contribution in [0.4, 0.5) is 0 Å². The molecule has 0 saturated heterocycles. The maximum atomic E-state index is 9.45. The number of nitrogens with one attached hydrogen (secondary N) is 1. The predicted octanol–water partition coefficient (Wildman–Crippen LogP) is 2.22. The van der Waals surface area contributed by atoms with Crippen molar-refractivity contribution >= 4 is 0 Å². The molecule has 2 N–H and O–H groups in total. The van der Waals surface area contributed by atoms with Gasteiger partial charge in [0.05, 0.1) is 27.4 Å². The monoisotopic (exact) mass is 297 g/mol. The largest absolute Gasteiger partial charge is 0.493 e. The Bertz CT molecular complexity index is 402. The first kappa shape index (κ1) is 17.6. The fraction of sp³-hybridized carbons (Fsp3) is 0.625. The van der Waals surface area contributed by atoms with Crippen molar-refractivity contribution in [1.82, 2.24) is 5.32 Å². The van der Waals surface area contributed by atoms with Crippen LogP contribution in [0, 0.1) is 0 Å². The quantitative estimate of drug-likeness (QED) is 0.649. The summed E-state index contributed by atoms with van der Waals surface area (Å²) in [5.41, 5.74) is -0.261. The minimum atomic E-state index is -0.261. The summed E-state index contributed by atoms with van der Waals surface area (Å²) in [5, 5.41) is 12.8. The molecule has 1 atom stereocenters. The molecule has 1 aromatic rings. The minimum absolute atomic E-state index is 0.110. The Morgan fingerprint density at radius 3 is 2.29 bits per heavy atom. The average molecular weight is 297 g/mol. The number of ether oxygens (including phenoxy) is 3.